The lowest BCUT2D eigenvalue weighted by Crippen LogP contribution is -2.28. The molecule has 0 radical (unpaired) electrons. The van der Waals surface area contributed by atoms with E-state index in [1.807, 2.05) is 0 Å². The number of carbonyl (C=O) groups excluding carboxylic acids is 2. The maximum absolute atomic E-state index is 12.1. The molecule has 0 fully saturated rings. The lowest BCUT2D eigenvalue weighted by molar-refractivity contribution is -0.153. The van der Waals surface area contributed by atoms with Crippen LogP contribution in [0.25, 0.3) is 0 Å². The minimum atomic E-state index is -0.700. The highest BCUT2D eigenvalue weighted by atomic mass is 16.6. The third-order valence-corrected chi connectivity index (χ3v) is 2.89. The second-order valence-corrected chi connectivity index (χ2v) is 7.65. The van der Waals surface area contributed by atoms with Crippen molar-refractivity contribution in [3.05, 3.63) is 23.3 Å². The lowest BCUT2D eigenvalue weighted by Gasteiger charge is -2.22. The quantitative estimate of drug-likeness (QED) is 0.645. The molecule has 1 rings (SSSR count). The van der Waals surface area contributed by atoms with Crippen molar-refractivity contribution in [3.8, 4) is 5.75 Å². The van der Waals surface area contributed by atoms with Crippen molar-refractivity contribution < 1.29 is 24.2 Å². The zero-order valence-electron chi connectivity index (χ0n) is 15.4. The average Bonchev–Trinajstić information content (AvgIpc) is 2.33. The molecule has 0 heterocycles. The first-order valence-electron chi connectivity index (χ1n) is 7.82. The highest BCUT2D eigenvalue weighted by molar-refractivity contribution is 5.90. The van der Waals surface area contributed by atoms with Crippen LogP contribution in [0.5, 0.6) is 5.75 Å². The Morgan fingerprint density at radius 3 is 2.08 bits per heavy atom. The Labute approximate surface area is 143 Å². The number of rotatable bonds is 3. The van der Waals surface area contributed by atoms with E-state index >= 15 is 0 Å². The molecule has 6 heteroatoms. The molecule has 2 N–H and O–H groups in total. The van der Waals surface area contributed by atoms with Crippen LogP contribution in [-0.2, 0) is 20.7 Å². The van der Waals surface area contributed by atoms with Crippen molar-refractivity contribution in [1.29, 1.82) is 0 Å². The molecule has 0 atom stereocenters. The summed E-state index contributed by atoms with van der Waals surface area (Å²) in [6.45, 7) is 12.3. The smallest absolute Gasteiger partial charge is 0.412 e. The number of amides is 1. The summed E-state index contributed by atoms with van der Waals surface area (Å²) in [5.74, 6) is -0.576. The van der Waals surface area contributed by atoms with Crippen molar-refractivity contribution >= 4 is 17.7 Å². The number of hydrogen-bond acceptors (Lipinski definition) is 5. The lowest BCUT2D eigenvalue weighted by atomic mass is 10.0. The van der Waals surface area contributed by atoms with Crippen LogP contribution < -0.4 is 5.32 Å². The van der Waals surface area contributed by atoms with Gasteiger partial charge in [-0.2, -0.15) is 0 Å². The second-order valence-electron chi connectivity index (χ2n) is 7.65. The maximum Gasteiger partial charge on any atom is 0.412 e. The molecule has 0 aliphatic carbocycles. The topological polar surface area (TPSA) is 84.9 Å². The predicted molar refractivity (Wildman–Crippen MR) is 92.2 cm³/mol. The van der Waals surface area contributed by atoms with Gasteiger partial charge in [0.25, 0.3) is 0 Å². The van der Waals surface area contributed by atoms with E-state index in [4.69, 9.17) is 9.47 Å². The van der Waals surface area contributed by atoms with E-state index in [2.05, 4.69) is 5.32 Å². The molecular weight excluding hydrogens is 310 g/mol. The summed E-state index contributed by atoms with van der Waals surface area (Å²) in [5.41, 5.74) is 0.130. The summed E-state index contributed by atoms with van der Waals surface area (Å²) >= 11 is 0. The number of nitrogens with one attached hydrogen (secondary N) is 1. The number of carbonyl (C=O) groups is 2. The van der Waals surface area contributed by atoms with Gasteiger partial charge in [0.15, 0.2) is 0 Å². The fourth-order valence-electron chi connectivity index (χ4n) is 2.03. The zero-order valence-corrected chi connectivity index (χ0v) is 15.4. The van der Waals surface area contributed by atoms with Gasteiger partial charge in [0, 0.05) is 0 Å². The number of esters is 1. The third-order valence-electron chi connectivity index (χ3n) is 2.89. The second kappa shape index (κ2) is 7.11. The number of phenols is 1. The van der Waals surface area contributed by atoms with E-state index in [1.165, 1.54) is 6.07 Å². The standard InChI is InChI=1S/C18H27NO5/c1-11-8-9-13(20)15(19-16(22)24-18(5,6)7)12(11)10-14(21)23-17(2,3)4/h8-9,20H,10H2,1-7H3,(H,19,22). The predicted octanol–water partition coefficient (Wildman–Crippen LogP) is 3.93. The molecule has 0 saturated carbocycles. The number of aromatic hydroxyl groups is 1. The number of hydrogen-bond donors (Lipinski definition) is 2. The van der Waals surface area contributed by atoms with Crippen molar-refractivity contribution in [2.75, 3.05) is 5.32 Å². The molecule has 6 nitrogen and oxygen atoms in total. The number of ether oxygens (including phenoxy) is 2. The fraction of sp³-hybridized carbons (Fsp3) is 0.556. The number of benzene rings is 1. The normalized spacial score (nSPS) is 11.8. The Morgan fingerprint density at radius 1 is 1.04 bits per heavy atom. The summed E-state index contributed by atoms with van der Waals surface area (Å²) in [6.07, 6.45) is -0.767. The van der Waals surface area contributed by atoms with Gasteiger partial charge < -0.3 is 14.6 Å². The van der Waals surface area contributed by atoms with Crippen LogP contribution in [0.15, 0.2) is 12.1 Å². The molecule has 24 heavy (non-hydrogen) atoms. The largest absolute Gasteiger partial charge is 0.506 e. The van der Waals surface area contributed by atoms with Gasteiger partial charge in [-0.1, -0.05) is 6.07 Å². The van der Waals surface area contributed by atoms with Crippen LogP contribution in [0.1, 0.15) is 52.7 Å². The van der Waals surface area contributed by atoms with E-state index in [9.17, 15) is 14.7 Å². The van der Waals surface area contributed by atoms with E-state index < -0.39 is 23.3 Å². The Morgan fingerprint density at radius 2 is 1.58 bits per heavy atom. The molecule has 0 aliphatic heterocycles. The number of anilines is 1. The first-order valence-corrected chi connectivity index (χ1v) is 7.82. The van der Waals surface area contributed by atoms with Crippen molar-refractivity contribution in [2.45, 2.75) is 66.1 Å². The van der Waals surface area contributed by atoms with Crippen LogP contribution in [0.3, 0.4) is 0 Å². The molecular formula is C18H27NO5. The van der Waals surface area contributed by atoms with E-state index in [-0.39, 0.29) is 17.9 Å². The number of aryl methyl sites for hydroxylation is 1. The summed E-state index contributed by atoms with van der Waals surface area (Å²) < 4.78 is 10.5. The van der Waals surface area contributed by atoms with Gasteiger partial charge in [-0.15, -0.1) is 0 Å². The van der Waals surface area contributed by atoms with Crippen molar-refractivity contribution in [1.82, 2.24) is 0 Å². The fourth-order valence-corrected chi connectivity index (χ4v) is 2.03. The first kappa shape index (κ1) is 19.8. The highest BCUT2D eigenvalue weighted by Gasteiger charge is 2.23. The molecule has 0 spiro atoms. The van der Waals surface area contributed by atoms with Gasteiger partial charge in [-0.3, -0.25) is 10.1 Å². The van der Waals surface area contributed by atoms with E-state index in [1.54, 1.807) is 54.5 Å². The van der Waals surface area contributed by atoms with Gasteiger partial charge in [-0.05, 0) is 65.7 Å². The minimum Gasteiger partial charge on any atom is -0.506 e. The van der Waals surface area contributed by atoms with E-state index in [0.29, 0.717) is 5.56 Å². The number of phenolic OH excluding ortho intramolecular Hbond substituents is 1. The summed E-state index contributed by atoms with van der Waals surface area (Å²) in [4.78, 5) is 24.1. The third kappa shape index (κ3) is 6.48. The molecule has 0 aliphatic rings. The highest BCUT2D eigenvalue weighted by Crippen LogP contribution is 2.31. The molecule has 0 bridgehead atoms. The maximum atomic E-state index is 12.1. The van der Waals surface area contributed by atoms with E-state index in [0.717, 1.165) is 5.56 Å². The zero-order chi connectivity index (χ0) is 18.7. The van der Waals surface area contributed by atoms with Crippen LogP contribution >= 0.6 is 0 Å². The molecule has 1 amide bonds. The molecule has 1 aromatic rings. The molecule has 134 valence electrons. The van der Waals surface area contributed by atoms with Crippen LogP contribution in [0.2, 0.25) is 0 Å². The van der Waals surface area contributed by atoms with Crippen LogP contribution in [0, 0.1) is 6.92 Å². The molecule has 0 saturated heterocycles. The monoisotopic (exact) mass is 337 g/mol. The Kier molecular flexibility index (Phi) is 5.87. The molecule has 1 aromatic carbocycles. The first-order chi connectivity index (χ1) is 10.8. The van der Waals surface area contributed by atoms with Crippen molar-refractivity contribution in [3.63, 3.8) is 0 Å². The SMILES string of the molecule is Cc1ccc(O)c(NC(=O)OC(C)(C)C)c1CC(=O)OC(C)(C)C. The van der Waals surface area contributed by atoms with Gasteiger partial charge in [0.2, 0.25) is 0 Å². The Bertz CT molecular complexity index is 569. The van der Waals surface area contributed by atoms with Gasteiger partial charge in [-0.25, -0.2) is 4.79 Å². The molecule has 0 unspecified atom stereocenters. The Balaban J connectivity index is 3.06. The van der Waals surface area contributed by atoms with Gasteiger partial charge in [0.05, 0.1) is 12.1 Å². The Hall–Kier alpha value is -2.24. The molecule has 0 aromatic heterocycles. The van der Waals surface area contributed by atoms with Gasteiger partial charge >= 0.3 is 12.1 Å². The average molecular weight is 337 g/mol. The summed E-state index contributed by atoms with van der Waals surface area (Å²) in [6, 6.07) is 3.13. The van der Waals surface area contributed by atoms with Crippen molar-refractivity contribution in [2.24, 2.45) is 0 Å². The van der Waals surface area contributed by atoms with Crippen LogP contribution in [-0.4, -0.2) is 28.4 Å². The minimum absolute atomic E-state index is 0.0668. The van der Waals surface area contributed by atoms with Crippen LogP contribution in [0.4, 0.5) is 10.5 Å². The summed E-state index contributed by atoms with van der Waals surface area (Å²) in [7, 11) is 0. The summed E-state index contributed by atoms with van der Waals surface area (Å²) in [5, 5.41) is 12.6. The van der Waals surface area contributed by atoms with Gasteiger partial charge in [0.1, 0.15) is 17.0 Å².